The lowest BCUT2D eigenvalue weighted by Crippen LogP contribution is -1.95. The molecule has 0 saturated carbocycles. The molecule has 10 heavy (non-hydrogen) atoms. The molecule has 0 aromatic heterocycles. The summed E-state index contributed by atoms with van der Waals surface area (Å²) < 4.78 is 4.47. The maximum Gasteiger partial charge on any atom is 0.316 e. The summed E-state index contributed by atoms with van der Waals surface area (Å²) in [6.45, 7) is 0. The van der Waals surface area contributed by atoms with Crippen molar-refractivity contribution in [2.45, 2.75) is 11.3 Å². The van der Waals surface area contributed by atoms with Crippen molar-refractivity contribution in [3.63, 3.8) is 0 Å². The summed E-state index contributed by atoms with van der Waals surface area (Å²) in [4.78, 5) is 9.75. The second-order valence-corrected chi connectivity index (χ2v) is 3.19. The van der Waals surface area contributed by atoms with E-state index in [0.717, 1.165) is 0 Å². The van der Waals surface area contributed by atoms with E-state index >= 15 is 0 Å². The summed E-state index contributed by atoms with van der Waals surface area (Å²) in [6, 6.07) is 0. The van der Waals surface area contributed by atoms with Gasteiger partial charge in [-0.05, 0) is 11.6 Å². The standard InChI is InChI=1S/C5H3Cl3O2/c6-4(7)2-1-3(9)10-5(2)8/h4H,1H2. The van der Waals surface area contributed by atoms with E-state index in [1.54, 1.807) is 0 Å². The minimum absolute atomic E-state index is 0.0139. The third kappa shape index (κ3) is 1.57. The molecule has 1 aliphatic rings. The highest BCUT2D eigenvalue weighted by Gasteiger charge is 2.26. The highest BCUT2D eigenvalue weighted by molar-refractivity contribution is 6.47. The molecule has 0 fully saturated rings. The Morgan fingerprint density at radius 3 is 2.30 bits per heavy atom. The van der Waals surface area contributed by atoms with Crippen LogP contribution >= 0.6 is 34.8 Å². The number of cyclic esters (lactones) is 1. The monoisotopic (exact) mass is 200 g/mol. The van der Waals surface area contributed by atoms with E-state index in [4.69, 9.17) is 34.8 Å². The van der Waals surface area contributed by atoms with Crippen LogP contribution in [0.1, 0.15) is 6.42 Å². The molecular formula is C5H3Cl3O2. The third-order valence-corrected chi connectivity index (χ3v) is 1.90. The lowest BCUT2D eigenvalue weighted by Gasteiger charge is -1.96. The highest BCUT2D eigenvalue weighted by atomic mass is 35.5. The van der Waals surface area contributed by atoms with E-state index in [1.807, 2.05) is 0 Å². The molecule has 1 heterocycles. The van der Waals surface area contributed by atoms with E-state index in [9.17, 15) is 4.79 Å². The van der Waals surface area contributed by atoms with Crippen molar-refractivity contribution in [3.8, 4) is 0 Å². The van der Waals surface area contributed by atoms with Crippen molar-refractivity contribution in [1.82, 2.24) is 0 Å². The van der Waals surface area contributed by atoms with Crippen LogP contribution in [0.4, 0.5) is 0 Å². The Kier molecular flexibility index (Phi) is 2.45. The number of alkyl halides is 2. The molecule has 0 spiro atoms. The van der Waals surface area contributed by atoms with Crippen LogP contribution in [0, 0.1) is 0 Å². The maximum atomic E-state index is 10.5. The predicted octanol–water partition coefficient (Wildman–Crippen LogP) is 2.19. The molecule has 0 atom stereocenters. The summed E-state index contributed by atoms with van der Waals surface area (Å²) in [6.07, 6.45) is 0.0938. The number of ether oxygens (including phenoxy) is 1. The van der Waals surface area contributed by atoms with Crippen molar-refractivity contribution in [2.75, 3.05) is 0 Å². The Balaban J connectivity index is 2.75. The first kappa shape index (κ1) is 8.18. The molecular weight excluding hydrogens is 198 g/mol. The Morgan fingerprint density at radius 2 is 2.10 bits per heavy atom. The van der Waals surface area contributed by atoms with Gasteiger partial charge in [0.05, 0.1) is 6.42 Å². The van der Waals surface area contributed by atoms with Crippen LogP contribution < -0.4 is 0 Å². The zero-order valence-corrected chi connectivity index (χ0v) is 7.00. The van der Waals surface area contributed by atoms with Gasteiger partial charge in [-0.1, -0.05) is 0 Å². The smallest absolute Gasteiger partial charge is 0.316 e. The summed E-state index contributed by atoms with van der Waals surface area (Å²) in [5.74, 6) is -0.411. The van der Waals surface area contributed by atoms with Gasteiger partial charge in [0.2, 0.25) is 0 Å². The molecule has 0 saturated heterocycles. The van der Waals surface area contributed by atoms with Gasteiger partial charge in [-0.2, -0.15) is 0 Å². The number of hydrogen-bond acceptors (Lipinski definition) is 2. The quantitative estimate of drug-likeness (QED) is 0.480. The Bertz CT molecular complexity index is 197. The van der Waals surface area contributed by atoms with E-state index < -0.39 is 10.8 Å². The summed E-state index contributed by atoms with van der Waals surface area (Å²) in [7, 11) is 0. The Morgan fingerprint density at radius 1 is 1.50 bits per heavy atom. The molecule has 0 radical (unpaired) electrons. The SMILES string of the molecule is O=C1CC(C(Cl)Cl)=C(Cl)O1. The number of rotatable bonds is 1. The average Bonchev–Trinajstić information content (AvgIpc) is 2.10. The summed E-state index contributed by atoms with van der Waals surface area (Å²) in [5, 5.41) is 0.0139. The topological polar surface area (TPSA) is 26.3 Å². The van der Waals surface area contributed by atoms with Gasteiger partial charge in [0.1, 0.15) is 4.84 Å². The number of hydrogen-bond donors (Lipinski definition) is 0. The average molecular weight is 201 g/mol. The third-order valence-electron chi connectivity index (χ3n) is 1.05. The molecule has 0 N–H and O–H groups in total. The van der Waals surface area contributed by atoms with Crippen molar-refractivity contribution >= 4 is 40.8 Å². The van der Waals surface area contributed by atoms with Crippen molar-refractivity contribution in [2.24, 2.45) is 0 Å². The van der Waals surface area contributed by atoms with Gasteiger partial charge in [-0.15, -0.1) is 23.2 Å². The fourth-order valence-corrected chi connectivity index (χ4v) is 1.32. The molecule has 0 aliphatic carbocycles. The first-order chi connectivity index (χ1) is 4.61. The van der Waals surface area contributed by atoms with Crippen molar-refractivity contribution < 1.29 is 9.53 Å². The van der Waals surface area contributed by atoms with E-state index in [2.05, 4.69) is 4.74 Å². The molecule has 5 heteroatoms. The largest absolute Gasteiger partial charge is 0.414 e. The van der Waals surface area contributed by atoms with Gasteiger partial charge in [0.15, 0.2) is 5.22 Å². The van der Waals surface area contributed by atoms with Gasteiger partial charge in [-0.25, -0.2) is 0 Å². The zero-order chi connectivity index (χ0) is 7.72. The number of esters is 1. The number of carbonyl (C=O) groups excluding carboxylic acids is 1. The van der Waals surface area contributed by atoms with Crippen LogP contribution in [0.15, 0.2) is 10.8 Å². The van der Waals surface area contributed by atoms with Crippen LogP contribution in [0.5, 0.6) is 0 Å². The predicted molar refractivity (Wildman–Crippen MR) is 39.1 cm³/mol. The Labute approximate surface area is 72.7 Å². The van der Waals surface area contributed by atoms with Gasteiger partial charge in [0, 0.05) is 5.57 Å². The van der Waals surface area contributed by atoms with Crippen molar-refractivity contribution in [1.29, 1.82) is 0 Å². The van der Waals surface area contributed by atoms with Crippen LogP contribution in [-0.4, -0.2) is 10.8 Å². The first-order valence-corrected chi connectivity index (χ1v) is 3.73. The number of halogens is 3. The molecule has 0 aromatic carbocycles. The second kappa shape index (κ2) is 2.99. The van der Waals surface area contributed by atoms with Crippen molar-refractivity contribution in [3.05, 3.63) is 10.8 Å². The van der Waals surface area contributed by atoms with E-state index in [0.29, 0.717) is 5.57 Å². The number of carbonyl (C=O) groups is 1. The zero-order valence-electron chi connectivity index (χ0n) is 4.73. The first-order valence-electron chi connectivity index (χ1n) is 2.48. The molecule has 2 nitrogen and oxygen atoms in total. The molecule has 0 aromatic rings. The second-order valence-electron chi connectivity index (χ2n) is 1.75. The molecule has 56 valence electrons. The van der Waals surface area contributed by atoms with Gasteiger partial charge < -0.3 is 4.74 Å². The van der Waals surface area contributed by atoms with Crippen LogP contribution in [0.25, 0.3) is 0 Å². The maximum absolute atomic E-state index is 10.5. The van der Waals surface area contributed by atoms with Crippen LogP contribution in [0.2, 0.25) is 0 Å². The van der Waals surface area contributed by atoms with Crippen LogP contribution in [0.3, 0.4) is 0 Å². The summed E-state index contributed by atoms with van der Waals surface area (Å²) >= 11 is 16.3. The van der Waals surface area contributed by atoms with Gasteiger partial charge >= 0.3 is 5.97 Å². The lowest BCUT2D eigenvalue weighted by atomic mass is 10.3. The minimum atomic E-state index is -0.751. The highest BCUT2D eigenvalue weighted by Crippen LogP contribution is 2.30. The summed E-state index contributed by atoms with van der Waals surface area (Å²) in [5.41, 5.74) is 0.440. The lowest BCUT2D eigenvalue weighted by molar-refractivity contribution is -0.135. The molecule has 0 bridgehead atoms. The molecule has 0 amide bonds. The normalized spacial score (nSPS) is 18.6. The van der Waals surface area contributed by atoms with Gasteiger partial charge in [0.25, 0.3) is 0 Å². The van der Waals surface area contributed by atoms with E-state index in [-0.39, 0.29) is 11.6 Å². The fourth-order valence-electron chi connectivity index (χ4n) is 0.590. The van der Waals surface area contributed by atoms with Gasteiger partial charge in [-0.3, -0.25) is 4.79 Å². The Hall–Kier alpha value is 0.0800. The fraction of sp³-hybridized carbons (Fsp3) is 0.400. The van der Waals surface area contributed by atoms with E-state index in [1.165, 1.54) is 0 Å². The molecule has 0 unspecified atom stereocenters. The molecule has 1 aliphatic heterocycles. The van der Waals surface area contributed by atoms with Crippen LogP contribution in [-0.2, 0) is 9.53 Å². The minimum Gasteiger partial charge on any atom is -0.414 e. The molecule has 1 rings (SSSR count).